The number of unbranched alkanes of at least 4 members (excludes halogenated alkanes) is 6. The first-order chi connectivity index (χ1) is 47.7. The molecular formula is C74H122Cl2N6O20. The monoisotopic (exact) mass is 1480 g/mol. The zero-order valence-electron chi connectivity index (χ0n) is 63.9. The molecule has 0 aromatic heterocycles. The first-order valence-corrected chi connectivity index (χ1v) is 36.7. The number of hydroxylamine groups is 2. The van der Waals surface area contributed by atoms with Crippen LogP contribution in [0.25, 0.3) is 0 Å². The van der Waals surface area contributed by atoms with Crippen molar-refractivity contribution in [3.63, 3.8) is 0 Å². The quantitative estimate of drug-likeness (QED) is 0.0544. The Morgan fingerprint density at radius 3 is 1.25 bits per heavy atom. The minimum atomic E-state index is -1.21. The van der Waals surface area contributed by atoms with Crippen LogP contribution in [0.1, 0.15) is 192 Å². The summed E-state index contributed by atoms with van der Waals surface area (Å²) in [4.78, 5) is 93.4. The molecule has 4 N–H and O–H groups in total. The largest absolute Gasteiger partial charge is 0.479 e. The second-order valence-corrected chi connectivity index (χ2v) is 30.6. The first kappa shape index (κ1) is 90.6. The lowest BCUT2D eigenvalue weighted by Crippen LogP contribution is -2.55. The SMILES string of the molecule is CC(C)(C)OC(=O)N1CCOC(C(=O)O)C1.CCCCCC(=O)C1CN(C(=O)OC(C)(C)C)CCO1.CCCCC[C@@](O)(c1cccc(Cl)c1)[C@H]1CN(C(=O)OC(C)(C)C)CCO1.CCCCC[C@@](O)(c1cccc(Cl)c1)[C@H]1CNCCO1.CON(C)C(=O)C1CN(C(=O)OC(C)(C)C)CCO1. The van der Waals surface area contributed by atoms with Crippen LogP contribution in [0.2, 0.25) is 10.0 Å². The minimum absolute atomic E-state index is 0.0320. The van der Waals surface area contributed by atoms with E-state index in [4.69, 9.17) is 75.8 Å². The Bertz CT molecular complexity index is 2880. The van der Waals surface area contributed by atoms with Crippen molar-refractivity contribution in [1.29, 1.82) is 0 Å². The normalized spacial score (nSPS) is 20.8. The number of hydrogen-bond donors (Lipinski definition) is 4. The molecule has 0 bridgehead atoms. The van der Waals surface area contributed by atoms with Gasteiger partial charge in [0.1, 0.15) is 51.9 Å². The van der Waals surface area contributed by atoms with Crippen molar-refractivity contribution in [3.8, 4) is 0 Å². The van der Waals surface area contributed by atoms with Gasteiger partial charge in [-0.1, -0.05) is 120 Å². The van der Waals surface area contributed by atoms with Crippen molar-refractivity contribution < 1.29 is 96.4 Å². The van der Waals surface area contributed by atoms with E-state index >= 15 is 0 Å². The summed E-state index contributed by atoms with van der Waals surface area (Å²) < 4.78 is 48.8. The van der Waals surface area contributed by atoms with Gasteiger partial charge in [-0.15, -0.1) is 0 Å². The zero-order chi connectivity index (χ0) is 76.7. The van der Waals surface area contributed by atoms with Crippen molar-refractivity contribution in [2.24, 2.45) is 0 Å². The molecule has 5 heterocycles. The highest BCUT2D eigenvalue weighted by molar-refractivity contribution is 6.31. The van der Waals surface area contributed by atoms with Crippen molar-refractivity contribution >= 4 is 65.2 Å². The molecule has 5 saturated heterocycles. The summed E-state index contributed by atoms with van der Waals surface area (Å²) in [6.45, 7) is 34.0. The van der Waals surface area contributed by atoms with Gasteiger partial charge in [0.2, 0.25) is 0 Å². The zero-order valence-corrected chi connectivity index (χ0v) is 65.4. The Morgan fingerprint density at radius 1 is 0.510 bits per heavy atom. The molecule has 5 aliphatic rings. The molecule has 0 radical (unpaired) electrons. The van der Waals surface area contributed by atoms with Crippen LogP contribution in [0.3, 0.4) is 0 Å². The lowest BCUT2D eigenvalue weighted by Gasteiger charge is -2.42. The molecule has 102 heavy (non-hydrogen) atoms. The molecule has 5 fully saturated rings. The van der Waals surface area contributed by atoms with E-state index in [0.717, 1.165) is 80.5 Å². The number of nitrogens with one attached hydrogen (secondary N) is 1. The van der Waals surface area contributed by atoms with Crippen LogP contribution in [0.5, 0.6) is 0 Å². The molecule has 5 amide bonds. The average Bonchev–Trinajstić information content (AvgIpc) is 0.793. The Labute approximate surface area is 616 Å². The highest BCUT2D eigenvalue weighted by Gasteiger charge is 2.44. The second-order valence-electron chi connectivity index (χ2n) is 29.8. The topological polar surface area (TPSA) is 301 Å². The Hall–Kier alpha value is -5.65. The summed E-state index contributed by atoms with van der Waals surface area (Å²) in [5, 5.41) is 37.2. The molecule has 0 aliphatic carbocycles. The number of benzene rings is 2. The summed E-state index contributed by atoms with van der Waals surface area (Å²) in [5.41, 5.74) is -2.80. The van der Waals surface area contributed by atoms with Gasteiger partial charge >= 0.3 is 30.3 Å². The number of halogens is 2. The van der Waals surface area contributed by atoms with Crippen molar-refractivity contribution in [3.05, 3.63) is 69.7 Å². The van der Waals surface area contributed by atoms with Gasteiger partial charge in [-0.05, 0) is 138 Å². The van der Waals surface area contributed by atoms with Crippen molar-refractivity contribution in [1.82, 2.24) is 30.0 Å². The fraction of sp³-hybridized carbons (Fsp3) is 0.743. The predicted octanol–water partition coefficient (Wildman–Crippen LogP) is 12.0. The first-order valence-electron chi connectivity index (χ1n) is 35.9. The Balaban J connectivity index is 0.000000335. The fourth-order valence-electron chi connectivity index (χ4n) is 11.0. The van der Waals surface area contributed by atoms with Crippen LogP contribution in [-0.4, -0.2) is 248 Å². The number of rotatable bonds is 20. The number of carbonyl (C=O) groups is 7. The molecule has 7 rings (SSSR count). The summed E-state index contributed by atoms with van der Waals surface area (Å²) in [5.74, 6) is -1.30. The summed E-state index contributed by atoms with van der Waals surface area (Å²) >= 11 is 12.3. The number of carboxylic acid groups (broad SMARTS) is 1. The Morgan fingerprint density at radius 2 is 0.873 bits per heavy atom. The number of ketones is 1. The van der Waals surface area contributed by atoms with Crippen LogP contribution in [0, 0.1) is 0 Å². The lowest BCUT2D eigenvalue weighted by atomic mass is 9.82. The number of amides is 5. The van der Waals surface area contributed by atoms with E-state index < -0.39 is 76.2 Å². The number of hydrogen-bond acceptors (Lipinski definition) is 20. The maximum Gasteiger partial charge on any atom is 0.410 e. The number of nitrogens with zero attached hydrogens (tertiary/aromatic N) is 5. The highest BCUT2D eigenvalue weighted by atomic mass is 35.5. The number of aliphatic hydroxyl groups is 2. The number of morpholine rings is 5. The number of aliphatic carboxylic acids is 1. The van der Waals surface area contributed by atoms with Gasteiger partial charge in [-0.25, -0.2) is 29.0 Å². The standard InChI is InChI=1S/C21H32ClNO4.C16H24ClNO2.C15H27NO4.C12H22N2O5.C10H17NO5/c1-5-6-7-11-21(25,16-9-8-10-17(22)14-16)18-15-23(12-13-26-18)19(24)27-20(2,3)4;1-2-3-4-8-16(19,15-12-18-9-10-20-15)13-6-5-7-14(17)11-13;1-5-6-7-8-12(17)13-11-16(9-10-19-13)14(18)20-15(2,3)4;1-12(2,3)19-11(16)14-6-7-18-9(8-14)10(15)13(4)17-5;1-10(2,3)16-9(14)11-4-5-15-7(6-11)8(12)13/h8-10,14,18,25H,5-7,11-13,15H2,1-4H3;5-7,11,15,18-19H,2-4,8-10,12H2,1H3;13H,5-11H2,1-4H3;9H,6-8H2,1-5H3;7H,4-6H2,1-3H3,(H,12,13)/t18-,21-;15-,16-;;;/m11.../s1. The fourth-order valence-corrected chi connectivity index (χ4v) is 11.4. The van der Waals surface area contributed by atoms with Gasteiger partial charge in [0, 0.05) is 62.8 Å². The summed E-state index contributed by atoms with van der Waals surface area (Å²) in [6, 6.07) is 14.8. The molecule has 0 spiro atoms. The van der Waals surface area contributed by atoms with Gasteiger partial charge in [0.05, 0.1) is 66.3 Å². The van der Waals surface area contributed by atoms with E-state index in [1.807, 2.05) is 77.9 Å². The molecule has 5 aliphatic heterocycles. The van der Waals surface area contributed by atoms with E-state index in [-0.39, 0.29) is 56.2 Å². The molecule has 28 heteroatoms. The number of carbonyl (C=O) groups excluding carboxylic acids is 6. The average molecular weight is 1490 g/mol. The van der Waals surface area contributed by atoms with Crippen LogP contribution in [0.15, 0.2) is 48.5 Å². The Kier molecular flexibility index (Phi) is 38.8. The molecule has 0 saturated carbocycles. The highest BCUT2D eigenvalue weighted by Crippen LogP contribution is 2.37. The number of ether oxygens (including phenoxy) is 9. The molecule has 582 valence electrons. The van der Waals surface area contributed by atoms with E-state index in [1.165, 1.54) is 24.0 Å². The number of carboxylic acids is 1. The van der Waals surface area contributed by atoms with E-state index in [9.17, 15) is 43.8 Å². The second kappa shape index (κ2) is 43.7. The lowest BCUT2D eigenvalue weighted by molar-refractivity contribution is -0.184. The van der Waals surface area contributed by atoms with Crippen LogP contribution in [-0.2, 0) is 73.1 Å². The third-order valence-corrected chi connectivity index (χ3v) is 16.8. The molecule has 7 atom stereocenters. The molecule has 26 nitrogen and oxygen atoms in total. The number of Topliss-reactive ketones (excluding diaryl/α,β-unsaturated/α-hetero) is 1. The summed E-state index contributed by atoms with van der Waals surface area (Å²) in [6.07, 6.45) is 6.39. The van der Waals surface area contributed by atoms with Crippen LogP contribution < -0.4 is 5.32 Å². The predicted molar refractivity (Wildman–Crippen MR) is 388 cm³/mol. The van der Waals surface area contributed by atoms with Gasteiger partial charge in [-0.2, -0.15) is 0 Å². The third-order valence-electron chi connectivity index (χ3n) is 16.4. The maximum atomic E-state index is 12.5. The van der Waals surface area contributed by atoms with Crippen molar-refractivity contribution in [2.45, 2.75) is 245 Å². The smallest absolute Gasteiger partial charge is 0.410 e. The third kappa shape index (κ3) is 33.2. The molecule has 2 aromatic carbocycles. The molecule has 3 unspecified atom stereocenters. The van der Waals surface area contributed by atoms with Gasteiger partial charge < -0.3 is 82.9 Å². The van der Waals surface area contributed by atoms with Crippen LogP contribution >= 0.6 is 23.2 Å². The van der Waals surface area contributed by atoms with Crippen molar-refractivity contribution in [2.75, 3.05) is 113 Å². The van der Waals surface area contributed by atoms with Gasteiger partial charge in [0.15, 0.2) is 18.0 Å². The van der Waals surface area contributed by atoms with E-state index in [1.54, 1.807) is 63.5 Å². The summed E-state index contributed by atoms with van der Waals surface area (Å²) in [7, 11) is 2.89. The number of likely N-dealkylation sites (N-methyl/N-ethyl adjacent to an activating group) is 1. The van der Waals surface area contributed by atoms with Crippen LogP contribution in [0.4, 0.5) is 19.2 Å². The molecule has 2 aromatic rings. The van der Waals surface area contributed by atoms with E-state index in [2.05, 4.69) is 26.1 Å². The minimum Gasteiger partial charge on any atom is -0.479 e. The molecular weight excluding hydrogens is 1360 g/mol. The van der Waals surface area contributed by atoms with E-state index in [0.29, 0.717) is 95.0 Å². The van der Waals surface area contributed by atoms with Gasteiger partial charge in [-0.3, -0.25) is 14.4 Å². The maximum absolute atomic E-state index is 12.5. The van der Waals surface area contributed by atoms with Gasteiger partial charge in [0.25, 0.3) is 5.91 Å².